The number of hydrogen-bond donors (Lipinski definition) is 2. The van der Waals surface area contributed by atoms with Crippen molar-refractivity contribution >= 4 is 22.6 Å². The number of benzene rings is 2. The van der Waals surface area contributed by atoms with Crippen LogP contribution >= 0.6 is 22.6 Å². The largest absolute Gasteiger partial charge is 0.508 e. The minimum Gasteiger partial charge on any atom is -0.508 e. The van der Waals surface area contributed by atoms with Crippen LogP contribution in [0.1, 0.15) is 0 Å². The highest BCUT2D eigenvalue weighted by Gasteiger charge is 1.96. The summed E-state index contributed by atoms with van der Waals surface area (Å²) in [5.41, 5.74) is 0. The van der Waals surface area contributed by atoms with Gasteiger partial charge in [-0.2, -0.15) is 0 Å². The van der Waals surface area contributed by atoms with Crippen LogP contribution in [-0.4, -0.2) is 10.2 Å². The predicted molar refractivity (Wildman–Crippen MR) is 68.8 cm³/mol. The molecule has 0 fully saturated rings. The van der Waals surface area contributed by atoms with Gasteiger partial charge in [-0.1, -0.05) is 0 Å². The lowest BCUT2D eigenvalue weighted by Gasteiger charge is -1.93. The summed E-state index contributed by atoms with van der Waals surface area (Å²) >= 11 is 1.86. The van der Waals surface area contributed by atoms with Gasteiger partial charge in [-0.3, -0.25) is 0 Å². The minimum absolute atomic E-state index is 0.0893. The molecule has 0 unspecified atom stereocenters. The molecule has 2 nitrogen and oxygen atoms in total. The summed E-state index contributed by atoms with van der Waals surface area (Å²) in [5, 5.41) is 17.5. The second-order valence-electron chi connectivity index (χ2n) is 3.07. The van der Waals surface area contributed by atoms with Crippen LogP contribution in [0.15, 0.2) is 42.5 Å². The molecule has 5 heteroatoms. The molecular formula is C12H9F2IO2. The van der Waals surface area contributed by atoms with Gasteiger partial charge in [0.2, 0.25) is 0 Å². The topological polar surface area (TPSA) is 40.5 Å². The number of phenolic OH excluding ortho intramolecular Hbond substituents is 2. The lowest BCUT2D eigenvalue weighted by Crippen LogP contribution is -1.75. The van der Waals surface area contributed by atoms with Crippen molar-refractivity contribution in [3.8, 4) is 11.5 Å². The minimum atomic E-state index is -0.331. The Hall–Kier alpha value is -1.37. The molecule has 0 aliphatic heterocycles. The summed E-state index contributed by atoms with van der Waals surface area (Å²) in [5.74, 6) is -0.441. The van der Waals surface area contributed by atoms with Crippen LogP contribution < -0.4 is 0 Å². The second kappa shape index (κ2) is 6.39. The lowest BCUT2D eigenvalue weighted by molar-refractivity contribution is 0.469. The molecule has 0 aliphatic rings. The van der Waals surface area contributed by atoms with E-state index in [1.807, 2.05) is 22.6 Å². The average molecular weight is 350 g/mol. The van der Waals surface area contributed by atoms with Crippen LogP contribution in [-0.2, 0) is 0 Å². The van der Waals surface area contributed by atoms with Crippen molar-refractivity contribution < 1.29 is 19.0 Å². The fourth-order valence-corrected chi connectivity index (χ4v) is 1.40. The highest BCUT2D eigenvalue weighted by atomic mass is 127. The number of phenols is 2. The lowest BCUT2D eigenvalue weighted by atomic mass is 10.3. The van der Waals surface area contributed by atoms with Crippen LogP contribution in [0.2, 0.25) is 0 Å². The number of rotatable bonds is 0. The zero-order chi connectivity index (χ0) is 12.8. The normalized spacial score (nSPS) is 9.35. The van der Waals surface area contributed by atoms with Gasteiger partial charge in [0, 0.05) is 0 Å². The number of halogens is 3. The van der Waals surface area contributed by atoms with Crippen molar-refractivity contribution in [3.05, 3.63) is 57.7 Å². The Bertz CT molecular complexity index is 465. The van der Waals surface area contributed by atoms with E-state index in [4.69, 9.17) is 10.2 Å². The van der Waals surface area contributed by atoms with Gasteiger partial charge in [0.05, 0.1) is 3.57 Å². The third kappa shape index (κ3) is 4.99. The molecule has 2 rings (SSSR count). The Kier molecular flexibility index (Phi) is 5.14. The van der Waals surface area contributed by atoms with Crippen LogP contribution in [0.5, 0.6) is 11.5 Å². The van der Waals surface area contributed by atoms with Gasteiger partial charge in [0.15, 0.2) is 0 Å². The molecule has 0 heterocycles. The van der Waals surface area contributed by atoms with Gasteiger partial charge < -0.3 is 10.2 Å². The van der Waals surface area contributed by atoms with E-state index >= 15 is 0 Å². The quantitative estimate of drug-likeness (QED) is 0.712. The molecule has 0 aromatic heterocycles. The van der Waals surface area contributed by atoms with Crippen LogP contribution in [0, 0.1) is 15.2 Å². The average Bonchev–Trinajstić information content (AvgIpc) is 2.29. The third-order valence-electron chi connectivity index (χ3n) is 1.74. The summed E-state index contributed by atoms with van der Waals surface area (Å²) < 4.78 is 24.7. The first kappa shape index (κ1) is 13.7. The highest BCUT2D eigenvalue weighted by molar-refractivity contribution is 14.1. The highest BCUT2D eigenvalue weighted by Crippen LogP contribution is 2.18. The molecule has 0 amide bonds. The molecule has 0 atom stereocenters. The molecule has 0 bridgehead atoms. The third-order valence-corrected chi connectivity index (χ3v) is 2.60. The number of hydrogen-bond acceptors (Lipinski definition) is 2. The molecule has 17 heavy (non-hydrogen) atoms. The first-order valence-electron chi connectivity index (χ1n) is 4.57. The molecule has 2 aromatic carbocycles. The smallest absolute Gasteiger partial charge is 0.129 e. The maximum Gasteiger partial charge on any atom is 0.129 e. The van der Waals surface area contributed by atoms with Gasteiger partial charge in [-0.25, -0.2) is 8.78 Å². The predicted octanol–water partition coefficient (Wildman–Crippen LogP) is 3.67. The van der Waals surface area contributed by atoms with E-state index in [2.05, 4.69) is 0 Å². The van der Waals surface area contributed by atoms with Crippen molar-refractivity contribution in [2.45, 2.75) is 0 Å². The van der Waals surface area contributed by atoms with Crippen molar-refractivity contribution in [1.82, 2.24) is 0 Å². The molecule has 0 aliphatic carbocycles. The first-order chi connectivity index (χ1) is 7.99. The van der Waals surface area contributed by atoms with Crippen LogP contribution in [0.25, 0.3) is 0 Å². The molecule has 2 aromatic rings. The molecule has 0 saturated heterocycles. The fourth-order valence-electron chi connectivity index (χ4n) is 0.922. The molecular weight excluding hydrogens is 341 g/mol. The van der Waals surface area contributed by atoms with E-state index in [9.17, 15) is 8.78 Å². The molecule has 0 radical (unpaired) electrons. The van der Waals surface area contributed by atoms with Crippen molar-refractivity contribution in [3.63, 3.8) is 0 Å². The summed E-state index contributed by atoms with van der Waals surface area (Å²) in [7, 11) is 0. The Morgan fingerprint density at radius 3 is 1.76 bits per heavy atom. The summed E-state index contributed by atoms with van der Waals surface area (Å²) in [6.07, 6.45) is 0. The van der Waals surface area contributed by atoms with Gasteiger partial charge in [-0.05, 0) is 65.1 Å². The molecule has 0 saturated carbocycles. The van der Waals surface area contributed by atoms with Crippen LogP contribution in [0.4, 0.5) is 8.78 Å². The first-order valence-corrected chi connectivity index (χ1v) is 5.65. The van der Waals surface area contributed by atoms with Crippen LogP contribution in [0.3, 0.4) is 0 Å². The van der Waals surface area contributed by atoms with E-state index in [1.165, 1.54) is 42.5 Å². The van der Waals surface area contributed by atoms with E-state index in [1.54, 1.807) is 0 Å². The Balaban J connectivity index is 0.000000171. The maximum atomic E-state index is 12.2. The van der Waals surface area contributed by atoms with Crippen molar-refractivity contribution in [2.24, 2.45) is 0 Å². The van der Waals surface area contributed by atoms with E-state index < -0.39 is 0 Å². The second-order valence-corrected chi connectivity index (χ2v) is 4.23. The molecule has 0 spiro atoms. The molecule has 90 valence electrons. The summed E-state index contributed by atoms with van der Waals surface area (Å²) in [6.45, 7) is 0. The molecule has 2 N–H and O–H groups in total. The zero-order valence-corrected chi connectivity index (χ0v) is 10.7. The summed E-state index contributed by atoms with van der Waals surface area (Å²) in [4.78, 5) is 0. The van der Waals surface area contributed by atoms with Gasteiger partial charge in [0.1, 0.15) is 23.1 Å². The fraction of sp³-hybridized carbons (Fsp3) is 0. The summed E-state index contributed by atoms with van der Waals surface area (Å²) in [6, 6.07) is 8.83. The SMILES string of the molecule is Oc1ccc(F)cc1.Oc1ccc(F)cc1I. The Labute approximate surface area is 111 Å². The van der Waals surface area contributed by atoms with Gasteiger partial charge in [-0.15, -0.1) is 0 Å². The van der Waals surface area contributed by atoms with E-state index in [-0.39, 0.29) is 23.1 Å². The zero-order valence-electron chi connectivity index (χ0n) is 8.57. The van der Waals surface area contributed by atoms with Gasteiger partial charge >= 0.3 is 0 Å². The standard InChI is InChI=1S/C6H4FIO.C6H5FO/c7-4-1-2-6(9)5(8)3-4;7-5-1-3-6(8)4-2-5/h1-3,9H;1-4,8H. The van der Waals surface area contributed by atoms with Crippen molar-refractivity contribution in [2.75, 3.05) is 0 Å². The Morgan fingerprint density at radius 1 is 0.824 bits per heavy atom. The van der Waals surface area contributed by atoms with E-state index in [0.29, 0.717) is 3.57 Å². The van der Waals surface area contributed by atoms with Crippen molar-refractivity contribution in [1.29, 1.82) is 0 Å². The monoisotopic (exact) mass is 350 g/mol. The van der Waals surface area contributed by atoms with E-state index in [0.717, 1.165) is 0 Å². The maximum absolute atomic E-state index is 12.2. The van der Waals surface area contributed by atoms with Gasteiger partial charge in [0.25, 0.3) is 0 Å². The number of aromatic hydroxyl groups is 2. The Morgan fingerprint density at radius 2 is 1.35 bits per heavy atom.